The number of Topliss-reactive ketones (excluding diaryl/α,β-unsaturated/α-hetero) is 3. The number of unbranched alkanes of at least 4 members (excludes halogenated alkanes) is 1. The van der Waals surface area contributed by atoms with Crippen LogP contribution in [0.25, 0.3) is 0 Å². The Bertz CT molecular complexity index is 634. The van der Waals surface area contributed by atoms with Crippen LogP contribution in [0.4, 0.5) is 0 Å². The number of methoxy groups -OCH3 is 1. The van der Waals surface area contributed by atoms with Gasteiger partial charge < -0.3 is 4.74 Å². The van der Waals surface area contributed by atoms with Crippen LogP contribution in [0.1, 0.15) is 44.1 Å². The summed E-state index contributed by atoms with van der Waals surface area (Å²) in [5, 5.41) is 0. The van der Waals surface area contributed by atoms with Crippen LogP contribution in [0.5, 0.6) is 0 Å². The van der Waals surface area contributed by atoms with Gasteiger partial charge in [0.05, 0.1) is 7.11 Å². The van der Waals surface area contributed by atoms with E-state index in [2.05, 4.69) is 0 Å². The summed E-state index contributed by atoms with van der Waals surface area (Å²) in [7, 11) is 1.21. The normalized spacial score (nSPS) is 23.8. The van der Waals surface area contributed by atoms with Crippen LogP contribution >= 0.6 is 0 Å². The number of carbonyl (C=O) groups is 4. The predicted octanol–water partition coefficient (Wildman–Crippen LogP) is 2.48. The van der Waals surface area contributed by atoms with Crippen LogP contribution in [0.2, 0.25) is 0 Å². The van der Waals surface area contributed by atoms with Crippen molar-refractivity contribution < 1.29 is 23.9 Å². The molecule has 5 nitrogen and oxygen atoms in total. The Labute approximate surface area is 141 Å². The fraction of sp³-hybridized carbons (Fsp3) is 0.474. The third kappa shape index (κ3) is 3.61. The van der Waals surface area contributed by atoms with Crippen LogP contribution in [-0.2, 0) is 23.9 Å². The van der Waals surface area contributed by atoms with E-state index in [0.29, 0.717) is 6.42 Å². The van der Waals surface area contributed by atoms with Crippen molar-refractivity contribution in [3.63, 3.8) is 0 Å². The Kier molecular flexibility index (Phi) is 6.01. The summed E-state index contributed by atoms with van der Waals surface area (Å²) < 4.78 is 4.77. The van der Waals surface area contributed by atoms with E-state index in [0.717, 1.165) is 12.0 Å². The minimum Gasteiger partial charge on any atom is -0.468 e. The third-order valence-electron chi connectivity index (χ3n) is 4.52. The first kappa shape index (κ1) is 18.0. The fourth-order valence-corrected chi connectivity index (χ4v) is 3.24. The van der Waals surface area contributed by atoms with Crippen molar-refractivity contribution in [2.45, 2.75) is 38.5 Å². The number of hydrogen-bond acceptors (Lipinski definition) is 5. The zero-order chi connectivity index (χ0) is 17.7. The van der Waals surface area contributed by atoms with Crippen LogP contribution in [0.3, 0.4) is 0 Å². The molecule has 24 heavy (non-hydrogen) atoms. The maximum atomic E-state index is 12.8. The first-order valence-corrected chi connectivity index (χ1v) is 8.23. The van der Waals surface area contributed by atoms with E-state index in [1.54, 1.807) is 24.3 Å². The molecule has 0 radical (unpaired) electrons. The Morgan fingerprint density at radius 3 is 2.42 bits per heavy atom. The van der Waals surface area contributed by atoms with Gasteiger partial charge in [0.2, 0.25) is 0 Å². The molecule has 1 aliphatic rings. The molecular weight excluding hydrogens is 308 g/mol. The number of rotatable bonds is 6. The molecule has 0 spiro atoms. The summed E-state index contributed by atoms with van der Waals surface area (Å²) in [5.74, 6) is -5.08. The van der Waals surface area contributed by atoms with Gasteiger partial charge in [-0.2, -0.15) is 0 Å². The molecule has 1 saturated carbocycles. The van der Waals surface area contributed by atoms with E-state index in [9.17, 15) is 19.2 Å². The van der Waals surface area contributed by atoms with E-state index >= 15 is 0 Å². The lowest BCUT2D eigenvalue weighted by molar-refractivity contribution is -0.156. The molecule has 0 aromatic heterocycles. The lowest BCUT2D eigenvalue weighted by atomic mass is 9.68. The van der Waals surface area contributed by atoms with Crippen LogP contribution in [0, 0.1) is 11.8 Å². The zero-order valence-electron chi connectivity index (χ0n) is 14.0. The molecule has 5 heteroatoms. The Morgan fingerprint density at radius 2 is 1.83 bits per heavy atom. The third-order valence-corrected chi connectivity index (χ3v) is 4.52. The van der Waals surface area contributed by atoms with E-state index in [4.69, 9.17) is 4.74 Å². The second kappa shape index (κ2) is 7.99. The lowest BCUT2D eigenvalue weighted by Gasteiger charge is -2.32. The zero-order valence-corrected chi connectivity index (χ0v) is 14.0. The molecule has 3 atom stereocenters. The summed E-state index contributed by atoms with van der Waals surface area (Å²) in [6.45, 7) is 1.93. The molecule has 0 bridgehead atoms. The Morgan fingerprint density at radius 1 is 1.17 bits per heavy atom. The smallest absolute Gasteiger partial charge is 0.316 e. The summed E-state index contributed by atoms with van der Waals surface area (Å²) in [6, 6.07) is 8.95. The number of carbonyl (C=O) groups excluding carboxylic acids is 4. The van der Waals surface area contributed by atoms with Gasteiger partial charge in [-0.25, -0.2) is 0 Å². The second-order valence-electron chi connectivity index (χ2n) is 6.09. The van der Waals surface area contributed by atoms with E-state index in [-0.39, 0.29) is 18.6 Å². The predicted molar refractivity (Wildman–Crippen MR) is 87.3 cm³/mol. The molecule has 128 valence electrons. The molecule has 0 N–H and O–H groups in total. The fourth-order valence-electron chi connectivity index (χ4n) is 3.24. The SMILES string of the molecule is CCCCC(=O)[C@@H]1C(=O)C[C@H](c2ccccc2)[C@H](C(=O)OC)C1=O. The Balaban J connectivity index is 2.34. The minimum atomic E-state index is -1.32. The topological polar surface area (TPSA) is 77.5 Å². The molecular formula is C19H22O5. The quantitative estimate of drug-likeness (QED) is 0.591. The highest BCUT2D eigenvalue weighted by atomic mass is 16.5. The van der Waals surface area contributed by atoms with Crippen molar-refractivity contribution >= 4 is 23.3 Å². The molecule has 2 rings (SSSR count). The molecule has 0 aliphatic heterocycles. The van der Waals surface area contributed by atoms with Crippen molar-refractivity contribution in [2.24, 2.45) is 11.8 Å². The van der Waals surface area contributed by atoms with Gasteiger partial charge in [-0.15, -0.1) is 0 Å². The largest absolute Gasteiger partial charge is 0.468 e. The molecule has 1 aliphatic carbocycles. The first-order chi connectivity index (χ1) is 11.5. The molecule has 1 aromatic rings. The maximum Gasteiger partial charge on any atom is 0.316 e. The van der Waals surface area contributed by atoms with Gasteiger partial charge in [0.1, 0.15) is 11.8 Å². The number of ketones is 3. The summed E-state index contributed by atoms with van der Waals surface area (Å²) in [4.78, 5) is 49.7. The van der Waals surface area contributed by atoms with Crippen LogP contribution in [0.15, 0.2) is 30.3 Å². The minimum absolute atomic E-state index is 0.00193. The summed E-state index contributed by atoms with van der Waals surface area (Å²) in [5.41, 5.74) is 0.731. The van der Waals surface area contributed by atoms with Gasteiger partial charge in [-0.05, 0) is 12.0 Å². The van der Waals surface area contributed by atoms with Crippen molar-refractivity contribution in [2.75, 3.05) is 7.11 Å². The average Bonchev–Trinajstić information content (AvgIpc) is 2.59. The monoisotopic (exact) mass is 330 g/mol. The number of benzene rings is 1. The first-order valence-electron chi connectivity index (χ1n) is 8.23. The van der Waals surface area contributed by atoms with Crippen molar-refractivity contribution in [1.82, 2.24) is 0 Å². The lowest BCUT2D eigenvalue weighted by Crippen LogP contribution is -2.47. The Hall–Kier alpha value is -2.30. The summed E-state index contributed by atoms with van der Waals surface area (Å²) >= 11 is 0. The second-order valence-corrected chi connectivity index (χ2v) is 6.09. The molecule has 1 aromatic carbocycles. The highest BCUT2D eigenvalue weighted by Crippen LogP contribution is 2.38. The highest BCUT2D eigenvalue weighted by Gasteiger charge is 2.50. The maximum absolute atomic E-state index is 12.8. The average molecular weight is 330 g/mol. The van der Waals surface area contributed by atoms with Gasteiger partial charge in [0.25, 0.3) is 0 Å². The van der Waals surface area contributed by atoms with Crippen LogP contribution < -0.4 is 0 Å². The standard InChI is InChI=1S/C19H22O5/c1-3-4-10-14(20)17-15(21)11-13(12-8-6-5-7-9-12)16(18(17)22)19(23)24-2/h5-9,13,16-17H,3-4,10-11H2,1-2H3/t13-,16+,17-/m1/s1. The van der Waals surface area contributed by atoms with E-state index in [1.165, 1.54) is 7.11 Å². The number of hydrogen-bond donors (Lipinski definition) is 0. The molecule has 1 fully saturated rings. The van der Waals surface area contributed by atoms with Gasteiger partial charge in [-0.3, -0.25) is 19.2 Å². The highest BCUT2D eigenvalue weighted by molar-refractivity contribution is 6.25. The summed E-state index contributed by atoms with van der Waals surface area (Å²) in [6.07, 6.45) is 1.61. The molecule has 0 amide bonds. The number of esters is 1. The van der Waals surface area contributed by atoms with Gasteiger partial charge in [-0.1, -0.05) is 43.7 Å². The number of ether oxygens (including phenoxy) is 1. The van der Waals surface area contributed by atoms with Gasteiger partial charge in [0, 0.05) is 18.8 Å². The van der Waals surface area contributed by atoms with Gasteiger partial charge >= 0.3 is 5.97 Å². The van der Waals surface area contributed by atoms with Crippen molar-refractivity contribution in [1.29, 1.82) is 0 Å². The molecule has 0 heterocycles. The van der Waals surface area contributed by atoms with Crippen molar-refractivity contribution in [3.05, 3.63) is 35.9 Å². The van der Waals surface area contributed by atoms with Crippen LogP contribution in [-0.4, -0.2) is 30.4 Å². The van der Waals surface area contributed by atoms with E-state index < -0.39 is 35.3 Å². The molecule has 0 unspecified atom stereocenters. The van der Waals surface area contributed by atoms with Gasteiger partial charge in [0.15, 0.2) is 17.3 Å². The van der Waals surface area contributed by atoms with E-state index in [1.807, 2.05) is 13.0 Å². The van der Waals surface area contributed by atoms with Crippen molar-refractivity contribution in [3.8, 4) is 0 Å². The molecule has 0 saturated heterocycles.